The van der Waals surface area contributed by atoms with Gasteiger partial charge in [-0.2, -0.15) is 0 Å². The summed E-state index contributed by atoms with van der Waals surface area (Å²) in [6, 6.07) is 7.90. The molecule has 1 fully saturated rings. The molecule has 2 heterocycles. The van der Waals surface area contributed by atoms with Crippen molar-refractivity contribution in [3.05, 3.63) is 24.3 Å². The lowest BCUT2D eigenvalue weighted by molar-refractivity contribution is -0.131. The van der Waals surface area contributed by atoms with Gasteiger partial charge in [-0.25, -0.2) is 13.4 Å². The zero-order chi connectivity index (χ0) is 21.7. The van der Waals surface area contributed by atoms with Gasteiger partial charge in [-0.1, -0.05) is 50.1 Å². The van der Waals surface area contributed by atoms with Crippen molar-refractivity contribution in [2.45, 2.75) is 75.9 Å². The molecule has 2 unspecified atom stereocenters. The molecule has 166 valence electrons. The Labute approximate surface area is 184 Å². The number of amides is 1. The molecular formula is C22H33N3O3S2. The summed E-state index contributed by atoms with van der Waals surface area (Å²) in [6.07, 6.45) is 5.23. The Morgan fingerprint density at radius 2 is 2.03 bits per heavy atom. The maximum atomic E-state index is 13.2. The summed E-state index contributed by atoms with van der Waals surface area (Å²) < 4.78 is 26.0. The van der Waals surface area contributed by atoms with E-state index >= 15 is 0 Å². The number of thioether (sulfide) groups is 1. The molecule has 1 amide bonds. The van der Waals surface area contributed by atoms with Gasteiger partial charge in [0.1, 0.15) is 0 Å². The van der Waals surface area contributed by atoms with Crippen molar-refractivity contribution in [1.82, 2.24) is 14.5 Å². The van der Waals surface area contributed by atoms with E-state index in [0.717, 1.165) is 29.2 Å². The molecule has 6 nitrogen and oxygen atoms in total. The van der Waals surface area contributed by atoms with E-state index in [1.807, 2.05) is 32.0 Å². The van der Waals surface area contributed by atoms with Gasteiger partial charge in [-0.15, -0.1) is 0 Å². The highest BCUT2D eigenvalue weighted by molar-refractivity contribution is 8.00. The zero-order valence-corrected chi connectivity index (χ0v) is 19.8. The number of hydrogen-bond acceptors (Lipinski definition) is 5. The monoisotopic (exact) mass is 451 g/mol. The van der Waals surface area contributed by atoms with Crippen LogP contribution in [-0.4, -0.2) is 58.1 Å². The fraction of sp³-hybridized carbons (Fsp3) is 0.636. The quantitative estimate of drug-likeness (QED) is 0.401. The maximum absolute atomic E-state index is 13.2. The Hall–Kier alpha value is -1.54. The molecule has 8 heteroatoms. The Bertz CT molecular complexity index is 971. The van der Waals surface area contributed by atoms with Gasteiger partial charge in [0.25, 0.3) is 0 Å². The average molecular weight is 452 g/mol. The van der Waals surface area contributed by atoms with Crippen LogP contribution >= 0.6 is 11.8 Å². The number of hydrogen-bond donors (Lipinski definition) is 0. The number of benzene rings is 1. The fourth-order valence-corrected chi connectivity index (χ4v) is 6.86. The molecule has 1 aromatic heterocycles. The summed E-state index contributed by atoms with van der Waals surface area (Å²) >= 11 is 1.48. The third kappa shape index (κ3) is 5.38. The number of imidazole rings is 1. The third-order valence-corrected chi connectivity index (χ3v) is 8.59. The van der Waals surface area contributed by atoms with Gasteiger partial charge in [0.15, 0.2) is 15.0 Å². The van der Waals surface area contributed by atoms with Gasteiger partial charge in [0.2, 0.25) is 5.91 Å². The molecule has 1 aliphatic rings. The van der Waals surface area contributed by atoms with Gasteiger partial charge in [0.05, 0.1) is 27.8 Å². The summed E-state index contributed by atoms with van der Waals surface area (Å²) in [5, 5.41) is 0.545. The fourth-order valence-electron chi connectivity index (χ4n) is 4.11. The predicted octanol–water partition coefficient (Wildman–Crippen LogP) is 4.13. The Kier molecular flexibility index (Phi) is 7.85. The molecule has 1 saturated heterocycles. The Morgan fingerprint density at radius 1 is 1.27 bits per heavy atom. The second-order valence-electron chi connectivity index (χ2n) is 8.04. The highest BCUT2D eigenvalue weighted by Crippen LogP contribution is 2.30. The summed E-state index contributed by atoms with van der Waals surface area (Å²) in [7, 11) is -3.02. The first kappa shape index (κ1) is 23.1. The van der Waals surface area contributed by atoms with Crippen LogP contribution in [-0.2, 0) is 21.2 Å². The number of nitrogens with zero attached hydrogens (tertiary/aromatic N) is 3. The van der Waals surface area contributed by atoms with E-state index < -0.39 is 9.84 Å². The largest absolute Gasteiger partial charge is 0.338 e. The van der Waals surface area contributed by atoms with Gasteiger partial charge in [-0.3, -0.25) is 4.79 Å². The van der Waals surface area contributed by atoms with E-state index in [2.05, 4.69) is 17.6 Å². The topological polar surface area (TPSA) is 72.3 Å². The SMILES string of the molecule is CCCCCCn1c(SC(C)C(=O)N(CC)C2CCS(=O)(=O)C2)nc2ccccc21. The summed E-state index contributed by atoms with van der Waals surface area (Å²) in [5.41, 5.74) is 2.05. The number of para-hydroxylation sites is 2. The average Bonchev–Trinajstić information content (AvgIpc) is 3.25. The first-order valence-electron chi connectivity index (χ1n) is 11.0. The number of aromatic nitrogens is 2. The minimum atomic E-state index is -3.02. The van der Waals surface area contributed by atoms with E-state index in [9.17, 15) is 13.2 Å². The normalized spacial score (nSPS) is 19.2. The van der Waals surface area contributed by atoms with Gasteiger partial charge in [0, 0.05) is 19.1 Å². The second-order valence-corrected chi connectivity index (χ2v) is 11.6. The van der Waals surface area contributed by atoms with E-state index in [4.69, 9.17) is 4.98 Å². The van der Waals surface area contributed by atoms with Crippen molar-refractivity contribution < 1.29 is 13.2 Å². The second kappa shape index (κ2) is 10.2. The molecule has 0 bridgehead atoms. The lowest BCUT2D eigenvalue weighted by Crippen LogP contribution is -2.44. The van der Waals surface area contributed by atoms with Crippen molar-refractivity contribution >= 4 is 38.5 Å². The van der Waals surface area contributed by atoms with Crippen LogP contribution in [0, 0.1) is 0 Å². The Morgan fingerprint density at radius 3 is 2.70 bits per heavy atom. The summed E-state index contributed by atoms with van der Waals surface area (Å²) in [5.74, 6) is 0.255. The molecule has 0 saturated carbocycles. The lowest BCUT2D eigenvalue weighted by Gasteiger charge is -2.29. The zero-order valence-electron chi connectivity index (χ0n) is 18.2. The van der Waals surface area contributed by atoms with Crippen LogP contribution < -0.4 is 0 Å². The first-order chi connectivity index (χ1) is 14.4. The predicted molar refractivity (Wildman–Crippen MR) is 124 cm³/mol. The van der Waals surface area contributed by atoms with E-state index in [0.29, 0.717) is 13.0 Å². The van der Waals surface area contributed by atoms with Crippen molar-refractivity contribution in [3.63, 3.8) is 0 Å². The number of unbranched alkanes of at least 4 members (excludes halogenated alkanes) is 3. The molecule has 1 aromatic carbocycles. The molecule has 0 N–H and O–H groups in total. The number of rotatable bonds is 10. The molecule has 2 atom stereocenters. The molecule has 3 rings (SSSR count). The molecule has 30 heavy (non-hydrogen) atoms. The standard InChI is InChI=1S/C22H33N3O3S2/c1-4-6-7-10-14-25-20-12-9-8-11-19(20)23-22(25)29-17(3)21(26)24(5-2)18-13-15-30(27,28)16-18/h8-9,11-12,17-18H,4-7,10,13-16H2,1-3H3. The van der Waals surface area contributed by atoms with Crippen molar-refractivity contribution in [1.29, 1.82) is 0 Å². The number of fused-ring (bicyclic) bond motifs is 1. The molecule has 0 aliphatic carbocycles. The number of aryl methyl sites for hydroxylation is 1. The molecular weight excluding hydrogens is 418 g/mol. The van der Waals surface area contributed by atoms with Crippen LogP contribution in [0.3, 0.4) is 0 Å². The highest BCUT2D eigenvalue weighted by atomic mass is 32.2. The summed E-state index contributed by atoms with van der Waals surface area (Å²) in [4.78, 5) is 19.7. The summed E-state index contributed by atoms with van der Waals surface area (Å²) in [6.45, 7) is 7.44. The van der Waals surface area contributed by atoms with Gasteiger partial charge in [-0.05, 0) is 38.8 Å². The Balaban J connectivity index is 1.76. The molecule has 1 aliphatic heterocycles. The maximum Gasteiger partial charge on any atom is 0.236 e. The van der Waals surface area contributed by atoms with Gasteiger partial charge >= 0.3 is 0 Å². The van der Waals surface area contributed by atoms with Crippen LogP contribution in [0.1, 0.15) is 52.9 Å². The van der Waals surface area contributed by atoms with Crippen molar-refractivity contribution in [2.75, 3.05) is 18.1 Å². The van der Waals surface area contributed by atoms with Crippen molar-refractivity contribution in [2.24, 2.45) is 0 Å². The van der Waals surface area contributed by atoms with Crippen molar-refractivity contribution in [3.8, 4) is 0 Å². The van der Waals surface area contributed by atoms with E-state index in [-0.39, 0.29) is 28.7 Å². The van der Waals surface area contributed by atoms with Crippen LogP contribution in [0.25, 0.3) is 11.0 Å². The minimum absolute atomic E-state index is 0.00538. The van der Waals surface area contributed by atoms with E-state index in [1.165, 1.54) is 31.0 Å². The smallest absolute Gasteiger partial charge is 0.236 e. The van der Waals surface area contributed by atoms with Crippen LogP contribution in [0.15, 0.2) is 29.4 Å². The van der Waals surface area contributed by atoms with Gasteiger partial charge < -0.3 is 9.47 Å². The minimum Gasteiger partial charge on any atom is -0.338 e. The van der Waals surface area contributed by atoms with Crippen LogP contribution in [0.5, 0.6) is 0 Å². The number of sulfone groups is 1. The molecule has 0 spiro atoms. The first-order valence-corrected chi connectivity index (χ1v) is 13.7. The lowest BCUT2D eigenvalue weighted by atomic mass is 10.2. The number of carbonyl (C=O) groups is 1. The van der Waals surface area contributed by atoms with Crippen LogP contribution in [0.2, 0.25) is 0 Å². The molecule has 0 radical (unpaired) electrons. The van der Waals surface area contributed by atoms with E-state index in [1.54, 1.807) is 4.90 Å². The highest BCUT2D eigenvalue weighted by Gasteiger charge is 2.35. The third-order valence-electron chi connectivity index (χ3n) is 5.76. The van der Waals surface area contributed by atoms with Crippen LogP contribution in [0.4, 0.5) is 0 Å². The number of carbonyl (C=O) groups excluding carboxylic acids is 1. The molecule has 2 aromatic rings.